The number of nitrogens with two attached hydrogens (primary N) is 1. The topological polar surface area (TPSA) is 89.3 Å². The van der Waals surface area contributed by atoms with Crippen LogP contribution in [0.5, 0.6) is 0 Å². The first kappa shape index (κ1) is 14.7. The maximum atomic E-state index is 11.3. The zero-order valence-electron chi connectivity index (χ0n) is 9.19. The molecule has 0 aliphatic rings. The van der Waals surface area contributed by atoms with Gasteiger partial charge in [0.1, 0.15) is 0 Å². The van der Waals surface area contributed by atoms with E-state index in [-0.39, 0.29) is 0 Å². The summed E-state index contributed by atoms with van der Waals surface area (Å²) in [5.74, 6) is 0.105. The zero-order valence-corrected chi connectivity index (χ0v) is 10.8. The second-order valence-electron chi connectivity index (χ2n) is 3.45. The van der Waals surface area contributed by atoms with Crippen LogP contribution in [0.3, 0.4) is 0 Å². The summed E-state index contributed by atoms with van der Waals surface area (Å²) in [6.07, 6.45) is 2.37. The molecule has 5 nitrogen and oxygen atoms in total. The van der Waals surface area contributed by atoms with Gasteiger partial charge in [-0.25, -0.2) is 8.42 Å². The van der Waals surface area contributed by atoms with Crippen molar-refractivity contribution in [2.24, 2.45) is 5.73 Å². The van der Waals surface area contributed by atoms with Crippen molar-refractivity contribution in [2.75, 3.05) is 12.0 Å². The highest BCUT2D eigenvalue weighted by Crippen LogP contribution is 2.01. The first-order valence-corrected chi connectivity index (χ1v) is 7.55. The van der Waals surface area contributed by atoms with Gasteiger partial charge in [0.2, 0.25) is 15.9 Å². The molecule has 0 aliphatic carbocycles. The van der Waals surface area contributed by atoms with Gasteiger partial charge in [0.25, 0.3) is 0 Å². The van der Waals surface area contributed by atoms with Crippen LogP contribution in [0.1, 0.15) is 20.3 Å². The lowest BCUT2D eigenvalue weighted by Crippen LogP contribution is -2.45. The van der Waals surface area contributed by atoms with E-state index in [1.807, 2.05) is 11.0 Å². The number of rotatable bonds is 6. The van der Waals surface area contributed by atoms with Crippen molar-refractivity contribution in [3.63, 3.8) is 0 Å². The minimum Gasteiger partial charge on any atom is -0.320 e. The smallest absolute Gasteiger partial charge is 0.250 e. The first-order chi connectivity index (χ1) is 6.81. The van der Waals surface area contributed by atoms with E-state index in [1.54, 1.807) is 11.8 Å². The molecular weight excluding hydrogens is 236 g/mol. The van der Waals surface area contributed by atoms with E-state index in [4.69, 9.17) is 5.73 Å². The predicted molar refractivity (Wildman–Crippen MR) is 63.2 cm³/mol. The molecule has 3 N–H and O–H groups in total. The molecule has 15 heavy (non-hydrogen) atoms. The lowest BCUT2D eigenvalue weighted by molar-refractivity contribution is -0.120. The predicted octanol–water partition coefficient (Wildman–Crippen LogP) is -0.0788. The maximum Gasteiger partial charge on any atom is 0.250 e. The summed E-state index contributed by atoms with van der Waals surface area (Å²) in [7, 11) is -3.55. The number of carbonyl (C=O) groups is 1. The third-order valence-electron chi connectivity index (χ3n) is 1.83. The van der Waals surface area contributed by atoms with Gasteiger partial charge in [0, 0.05) is 0 Å². The minimum atomic E-state index is -3.55. The summed E-state index contributed by atoms with van der Waals surface area (Å²) < 4.78 is 24.6. The van der Waals surface area contributed by atoms with E-state index in [9.17, 15) is 13.2 Å². The molecule has 0 unspecified atom stereocenters. The Morgan fingerprint density at radius 2 is 2.00 bits per heavy atom. The van der Waals surface area contributed by atoms with Gasteiger partial charge in [-0.1, -0.05) is 0 Å². The molecule has 0 saturated heterocycles. The van der Waals surface area contributed by atoms with Gasteiger partial charge in [-0.3, -0.25) is 9.52 Å². The van der Waals surface area contributed by atoms with Crippen molar-refractivity contribution >= 4 is 27.7 Å². The summed E-state index contributed by atoms with van der Waals surface area (Å²) in [4.78, 5) is 11.3. The number of carbonyl (C=O) groups excluding carboxylic acids is 1. The van der Waals surface area contributed by atoms with Crippen LogP contribution in [-0.4, -0.2) is 37.6 Å². The molecule has 90 valence electrons. The normalized spacial score (nSPS) is 13.9. The van der Waals surface area contributed by atoms with E-state index in [0.717, 1.165) is 5.75 Å². The monoisotopic (exact) mass is 254 g/mol. The Hall–Kier alpha value is -0.270. The average Bonchev–Trinajstić information content (AvgIpc) is 2.13. The Bertz CT molecular complexity index is 301. The quantitative estimate of drug-likeness (QED) is 0.692. The SMILES string of the molecule is CSCC[C@H](N)C(=O)NS(=O)(=O)C(C)C. The van der Waals surface area contributed by atoms with Gasteiger partial charge >= 0.3 is 0 Å². The molecular formula is C8H18N2O3S2. The summed E-state index contributed by atoms with van der Waals surface area (Å²) in [5.41, 5.74) is 5.52. The van der Waals surface area contributed by atoms with Gasteiger partial charge < -0.3 is 5.73 Å². The van der Waals surface area contributed by atoms with Crippen LogP contribution in [0, 0.1) is 0 Å². The van der Waals surface area contributed by atoms with Gasteiger partial charge in [-0.05, 0) is 32.3 Å². The van der Waals surface area contributed by atoms with Crippen LogP contribution < -0.4 is 10.5 Å². The van der Waals surface area contributed by atoms with Crippen molar-refractivity contribution in [2.45, 2.75) is 31.6 Å². The molecule has 7 heteroatoms. The van der Waals surface area contributed by atoms with Gasteiger partial charge in [0.15, 0.2) is 0 Å². The number of amides is 1. The summed E-state index contributed by atoms with van der Waals surface area (Å²) in [6, 6.07) is -0.758. The maximum absolute atomic E-state index is 11.3. The molecule has 0 aromatic rings. The van der Waals surface area contributed by atoms with Crippen LogP contribution in [-0.2, 0) is 14.8 Å². The highest BCUT2D eigenvalue weighted by Gasteiger charge is 2.22. The van der Waals surface area contributed by atoms with E-state index in [0.29, 0.717) is 6.42 Å². The molecule has 0 bridgehead atoms. The fourth-order valence-electron chi connectivity index (χ4n) is 0.710. The van der Waals surface area contributed by atoms with Crippen LogP contribution in [0.25, 0.3) is 0 Å². The second kappa shape index (κ2) is 6.34. The fourth-order valence-corrected chi connectivity index (χ4v) is 1.87. The molecule has 0 radical (unpaired) electrons. The standard InChI is InChI=1S/C8H18N2O3S2/c1-6(2)15(12,13)10-8(11)7(9)4-5-14-3/h6-7H,4-5,9H2,1-3H3,(H,10,11)/t7-/m0/s1. The third-order valence-corrected chi connectivity index (χ3v) is 4.20. The summed E-state index contributed by atoms with van der Waals surface area (Å²) in [5, 5.41) is -0.630. The summed E-state index contributed by atoms with van der Waals surface area (Å²) >= 11 is 1.56. The Kier molecular flexibility index (Phi) is 6.23. The molecule has 1 atom stereocenters. The fraction of sp³-hybridized carbons (Fsp3) is 0.875. The minimum absolute atomic E-state index is 0.473. The van der Waals surface area contributed by atoms with Crippen molar-refractivity contribution in [3.05, 3.63) is 0 Å². The largest absolute Gasteiger partial charge is 0.320 e. The van der Waals surface area contributed by atoms with Crippen LogP contribution in [0.4, 0.5) is 0 Å². The molecule has 0 aromatic carbocycles. The van der Waals surface area contributed by atoms with Crippen molar-refractivity contribution < 1.29 is 13.2 Å². The Morgan fingerprint density at radius 1 is 1.47 bits per heavy atom. The number of hydrogen-bond donors (Lipinski definition) is 2. The molecule has 0 fully saturated rings. The van der Waals surface area contributed by atoms with Crippen LogP contribution in [0.2, 0.25) is 0 Å². The average molecular weight is 254 g/mol. The lowest BCUT2D eigenvalue weighted by atomic mass is 10.2. The Balaban J connectivity index is 4.25. The number of hydrogen-bond acceptors (Lipinski definition) is 5. The molecule has 1 amide bonds. The van der Waals surface area contributed by atoms with E-state index >= 15 is 0 Å². The van der Waals surface area contributed by atoms with Gasteiger partial charge in [0.05, 0.1) is 11.3 Å². The Labute approximate surface area is 95.2 Å². The molecule has 0 aliphatic heterocycles. The van der Waals surface area contributed by atoms with E-state index in [2.05, 4.69) is 0 Å². The van der Waals surface area contributed by atoms with E-state index in [1.165, 1.54) is 13.8 Å². The third kappa shape index (κ3) is 5.39. The molecule has 0 saturated carbocycles. The molecule has 0 rings (SSSR count). The van der Waals surface area contributed by atoms with Gasteiger partial charge in [-0.2, -0.15) is 11.8 Å². The van der Waals surface area contributed by atoms with Crippen molar-refractivity contribution in [1.29, 1.82) is 0 Å². The van der Waals surface area contributed by atoms with Crippen LogP contribution >= 0.6 is 11.8 Å². The summed E-state index contributed by atoms with van der Waals surface area (Å²) in [6.45, 7) is 3.01. The number of sulfonamides is 1. The number of nitrogens with one attached hydrogen (secondary N) is 1. The second-order valence-corrected chi connectivity index (χ2v) is 6.67. The van der Waals surface area contributed by atoms with Crippen molar-refractivity contribution in [3.8, 4) is 0 Å². The highest BCUT2D eigenvalue weighted by molar-refractivity contribution is 7.98. The van der Waals surface area contributed by atoms with Crippen LogP contribution in [0.15, 0.2) is 0 Å². The zero-order chi connectivity index (χ0) is 12.1. The van der Waals surface area contributed by atoms with E-state index < -0.39 is 27.2 Å². The van der Waals surface area contributed by atoms with Gasteiger partial charge in [-0.15, -0.1) is 0 Å². The number of thioether (sulfide) groups is 1. The van der Waals surface area contributed by atoms with Crippen molar-refractivity contribution in [1.82, 2.24) is 4.72 Å². The first-order valence-electron chi connectivity index (χ1n) is 4.61. The molecule has 0 spiro atoms. The highest BCUT2D eigenvalue weighted by atomic mass is 32.2. The Morgan fingerprint density at radius 3 is 2.40 bits per heavy atom. The molecule has 0 aromatic heterocycles. The molecule has 0 heterocycles. The lowest BCUT2D eigenvalue weighted by Gasteiger charge is -2.13.